The van der Waals surface area contributed by atoms with Crippen molar-refractivity contribution in [2.45, 2.75) is 20.3 Å². The molecule has 0 bridgehead atoms. The van der Waals surface area contributed by atoms with Crippen molar-refractivity contribution < 1.29 is 23.4 Å². The predicted octanol–water partition coefficient (Wildman–Crippen LogP) is 2.41. The molecule has 0 radical (unpaired) electrons. The van der Waals surface area contributed by atoms with Crippen molar-refractivity contribution in [3.63, 3.8) is 0 Å². The van der Waals surface area contributed by atoms with Gasteiger partial charge in [0.15, 0.2) is 5.56 Å². The van der Waals surface area contributed by atoms with Gasteiger partial charge in [-0.1, -0.05) is 6.92 Å². The molecule has 1 aromatic carbocycles. The topological polar surface area (TPSA) is 96.7 Å². The summed E-state index contributed by atoms with van der Waals surface area (Å²) in [6, 6.07) is 3.00. The van der Waals surface area contributed by atoms with Crippen molar-refractivity contribution in [3.05, 3.63) is 51.4 Å². The number of esters is 1. The first kappa shape index (κ1) is 17.6. The number of carbonyl (C=O) groups excluding carboxylic acids is 1. The number of fused-ring (bicyclic) bond motifs is 1. The van der Waals surface area contributed by atoms with Crippen molar-refractivity contribution >= 4 is 11.6 Å². The van der Waals surface area contributed by atoms with Crippen molar-refractivity contribution in [1.82, 2.24) is 14.6 Å². The highest BCUT2D eigenvalue weighted by Crippen LogP contribution is 2.31. The quantitative estimate of drug-likeness (QED) is 0.694. The number of carbonyl (C=O) groups is 1. The number of aryl methyl sites for hydroxylation is 1. The van der Waals surface area contributed by atoms with Gasteiger partial charge in [-0.25, -0.2) is 13.6 Å². The van der Waals surface area contributed by atoms with Gasteiger partial charge in [0.2, 0.25) is 5.88 Å². The van der Waals surface area contributed by atoms with Crippen LogP contribution in [0.3, 0.4) is 0 Å². The maximum absolute atomic E-state index is 14.3. The summed E-state index contributed by atoms with van der Waals surface area (Å²) in [5.41, 5.74) is -0.967. The molecule has 136 valence electrons. The lowest BCUT2D eigenvalue weighted by Gasteiger charge is -2.06. The summed E-state index contributed by atoms with van der Waals surface area (Å²) in [6.45, 7) is 3.31. The van der Waals surface area contributed by atoms with Crippen LogP contribution in [-0.4, -0.2) is 32.3 Å². The van der Waals surface area contributed by atoms with Gasteiger partial charge < -0.3 is 14.8 Å². The minimum Gasteiger partial charge on any atom is -0.494 e. The standard InChI is InChI=1S/C17H15F2N3O4/c1-3-11-12(9-6-5-8(18)7-10(9)19)14-20-15(23)13(17(25)26-4-2)16(24)22(14)21-11/h5-7,20,23H,3-4H2,1-2H3. The smallest absolute Gasteiger partial charge is 0.349 e. The molecule has 2 aromatic heterocycles. The first-order valence-corrected chi connectivity index (χ1v) is 7.88. The number of ether oxygens (including phenoxy) is 1. The van der Waals surface area contributed by atoms with E-state index in [1.165, 1.54) is 6.07 Å². The highest BCUT2D eigenvalue weighted by molar-refractivity contribution is 5.92. The summed E-state index contributed by atoms with van der Waals surface area (Å²) in [5, 5.41) is 14.2. The largest absolute Gasteiger partial charge is 0.494 e. The first-order valence-electron chi connectivity index (χ1n) is 7.88. The maximum Gasteiger partial charge on any atom is 0.349 e. The van der Waals surface area contributed by atoms with Crippen LogP contribution in [0.25, 0.3) is 16.8 Å². The van der Waals surface area contributed by atoms with Crippen LogP contribution in [0.1, 0.15) is 29.9 Å². The number of halogens is 2. The third-order valence-electron chi connectivity index (χ3n) is 3.85. The van der Waals surface area contributed by atoms with Gasteiger partial charge in [0.1, 0.15) is 17.3 Å². The van der Waals surface area contributed by atoms with Gasteiger partial charge in [0, 0.05) is 11.6 Å². The Morgan fingerprint density at radius 3 is 2.69 bits per heavy atom. The Labute approximate surface area is 145 Å². The Kier molecular flexibility index (Phi) is 4.45. The second kappa shape index (κ2) is 6.58. The molecule has 0 saturated heterocycles. The fourth-order valence-electron chi connectivity index (χ4n) is 2.72. The van der Waals surface area contributed by atoms with E-state index in [4.69, 9.17) is 4.74 Å². The lowest BCUT2D eigenvalue weighted by Crippen LogP contribution is -2.25. The molecule has 0 aliphatic carbocycles. The minimum absolute atomic E-state index is 0.0112. The number of rotatable bonds is 4. The van der Waals surface area contributed by atoms with Crippen LogP contribution >= 0.6 is 0 Å². The Bertz CT molecular complexity index is 1070. The molecule has 0 aliphatic heterocycles. The molecular weight excluding hydrogens is 348 g/mol. The molecule has 0 spiro atoms. The first-order chi connectivity index (χ1) is 12.4. The van der Waals surface area contributed by atoms with Gasteiger partial charge in [-0.15, -0.1) is 0 Å². The second-order valence-corrected chi connectivity index (χ2v) is 5.43. The summed E-state index contributed by atoms with van der Waals surface area (Å²) < 4.78 is 33.1. The van der Waals surface area contributed by atoms with Crippen LogP contribution in [0.2, 0.25) is 0 Å². The third kappa shape index (κ3) is 2.71. The highest BCUT2D eigenvalue weighted by atomic mass is 19.1. The molecule has 9 heteroatoms. The fraction of sp³-hybridized carbons (Fsp3) is 0.235. The molecule has 2 heterocycles. The molecule has 3 rings (SSSR count). The minimum atomic E-state index is -1.00. The average molecular weight is 363 g/mol. The molecule has 0 saturated carbocycles. The highest BCUT2D eigenvalue weighted by Gasteiger charge is 2.25. The summed E-state index contributed by atoms with van der Waals surface area (Å²) >= 11 is 0. The number of benzene rings is 1. The molecule has 0 aliphatic rings. The number of H-pyrrole nitrogens is 1. The zero-order valence-electron chi connectivity index (χ0n) is 14.0. The van der Waals surface area contributed by atoms with E-state index in [2.05, 4.69) is 10.1 Å². The van der Waals surface area contributed by atoms with Crippen molar-refractivity contribution in [2.75, 3.05) is 6.61 Å². The molecule has 26 heavy (non-hydrogen) atoms. The van der Waals surface area contributed by atoms with Crippen LogP contribution in [0, 0.1) is 11.6 Å². The average Bonchev–Trinajstić information content (AvgIpc) is 2.94. The normalized spacial score (nSPS) is 11.1. The number of aromatic hydroxyl groups is 1. The van der Waals surface area contributed by atoms with Crippen LogP contribution < -0.4 is 5.56 Å². The van der Waals surface area contributed by atoms with E-state index in [1.54, 1.807) is 13.8 Å². The summed E-state index contributed by atoms with van der Waals surface area (Å²) in [5.74, 6) is -3.31. The van der Waals surface area contributed by atoms with E-state index in [0.717, 1.165) is 10.6 Å². The lowest BCUT2D eigenvalue weighted by atomic mass is 10.0. The van der Waals surface area contributed by atoms with Crippen LogP contribution in [0.5, 0.6) is 5.88 Å². The van der Waals surface area contributed by atoms with Gasteiger partial charge in [0.05, 0.1) is 17.9 Å². The number of nitrogens with one attached hydrogen (secondary N) is 1. The van der Waals surface area contributed by atoms with Gasteiger partial charge in [0.25, 0.3) is 5.56 Å². The zero-order chi connectivity index (χ0) is 19.0. The zero-order valence-corrected chi connectivity index (χ0v) is 14.0. The lowest BCUT2D eigenvalue weighted by molar-refractivity contribution is 0.0519. The van der Waals surface area contributed by atoms with Gasteiger partial charge in [-0.05, 0) is 25.5 Å². The summed E-state index contributed by atoms with van der Waals surface area (Å²) in [4.78, 5) is 27.0. The Hall–Kier alpha value is -3.23. The van der Waals surface area contributed by atoms with Crippen molar-refractivity contribution in [2.24, 2.45) is 0 Å². The SMILES string of the molecule is CCOC(=O)c1c(O)[nH]c2c(-c3ccc(F)cc3F)c(CC)nn2c1=O. The summed E-state index contributed by atoms with van der Waals surface area (Å²) in [6.07, 6.45) is 0.330. The van der Waals surface area contributed by atoms with Crippen LogP contribution in [0.4, 0.5) is 8.78 Å². The molecule has 0 atom stereocenters. The second-order valence-electron chi connectivity index (χ2n) is 5.43. The number of aromatic amines is 1. The number of hydrogen-bond donors (Lipinski definition) is 2. The molecular formula is C17H15F2N3O4. The molecule has 7 nitrogen and oxygen atoms in total. The van der Waals surface area contributed by atoms with E-state index in [9.17, 15) is 23.5 Å². The number of nitrogens with zero attached hydrogens (tertiary/aromatic N) is 2. The van der Waals surface area contributed by atoms with Crippen LogP contribution in [0.15, 0.2) is 23.0 Å². The van der Waals surface area contributed by atoms with Gasteiger partial charge in [-0.2, -0.15) is 9.61 Å². The molecule has 3 aromatic rings. The van der Waals surface area contributed by atoms with Crippen LogP contribution in [-0.2, 0) is 11.2 Å². The van der Waals surface area contributed by atoms with Gasteiger partial charge >= 0.3 is 5.97 Å². The van der Waals surface area contributed by atoms with Gasteiger partial charge in [-0.3, -0.25) is 4.79 Å². The summed E-state index contributed by atoms with van der Waals surface area (Å²) in [7, 11) is 0. The Balaban J connectivity index is 2.35. The third-order valence-corrected chi connectivity index (χ3v) is 3.85. The Morgan fingerprint density at radius 1 is 1.35 bits per heavy atom. The molecule has 2 N–H and O–H groups in total. The molecule has 0 amide bonds. The predicted molar refractivity (Wildman–Crippen MR) is 88.2 cm³/mol. The maximum atomic E-state index is 14.3. The van der Waals surface area contributed by atoms with Crippen molar-refractivity contribution in [1.29, 1.82) is 0 Å². The van der Waals surface area contributed by atoms with E-state index >= 15 is 0 Å². The van der Waals surface area contributed by atoms with E-state index < -0.39 is 34.6 Å². The van der Waals surface area contributed by atoms with Crippen molar-refractivity contribution in [3.8, 4) is 17.0 Å². The van der Waals surface area contributed by atoms with E-state index in [-0.39, 0.29) is 23.4 Å². The fourth-order valence-corrected chi connectivity index (χ4v) is 2.72. The van der Waals surface area contributed by atoms with E-state index in [1.807, 2.05) is 0 Å². The Morgan fingerprint density at radius 2 is 2.08 bits per heavy atom. The number of aromatic nitrogens is 3. The molecule has 0 fully saturated rings. The monoisotopic (exact) mass is 363 g/mol. The number of hydrogen-bond acceptors (Lipinski definition) is 5. The van der Waals surface area contributed by atoms with E-state index in [0.29, 0.717) is 18.2 Å². The molecule has 0 unspecified atom stereocenters.